The molecule has 0 aliphatic rings. The van der Waals surface area contributed by atoms with Crippen LogP contribution in [-0.4, -0.2) is 30.8 Å². The Kier molecular flexibility index (Phi) is 6.03. The molecule has 0 aliphatic heterocycles. The molecule has 152 valence electrons. The first-order valence-electron chi connectivity index (χ1n) is 9.18. The van der Waals surface area contributed by atoms with Crippen LogP contribution in [-0.2, 0) is 17.6 Å². The number of halogens is 1. The minimum atomic E-state index is -0.196. The molecule has 2 aromatic carbocycles. The molecule has 2 aromatic heterocycles. The monoisotopic (exact) mass is 456 g/mol. The van der Waals surface area contributed by atoms with Gasteiger partial charge in [-0.2, -0.15) is 9.61 Å². The topological polar surface area (TPSA) is 84.2 Å². The first kappa shape index (κ1) is 20.4. The van der Waals surface area contributed by atoms with Gasteiger partial charge in [-0.25, -0.2) is 0 Å². The van der Waals surface area contributed by atoms with E-state index in [9.17, 15) is 4.79 Å². The Morgan fingerprint density at radius 3 is 2.57 bits per heavy atom. The highest BCUT2D eigenvalue weighted by Crippen LogP contribution is 2.26. The lowest BCUT2D eigenvalue weighted by Crippen LogP contribution is -2.35. The molecule has 10 heteroatoms. The Morgan fingerprint density at radius 2 is 1.87 bits per heavy atom. The number of aryl methyl sites for hydroxylation is 1. The third kappa shape index (κ3) is 4.64. The first-order chi connectivity index (χ1) is 14.5. The number of hydrogen-bond donors (Lipinski definition) is 2. The lowest BCUT2D eigenvalue weighted by atomic mass is 10.1. The number of carbonyl (C=O) groups excluding carboxylic acids is 1. The number of benzene rings is 2. The van der Waals surface area contributed by atoms with Gasteiger partial charge in [0.1, 0.15) is 5.01 Å². The van der Waals surface area contributed by atoms with Gasteiger partial charge in [-0.1, -0.05) is 42.0 Å². The fourth-order valence-electron chi connectivity index (χ4n) is 2.81. The van der Waals surface area contributed by atoms with Crippen LogP contribution < -0.4 is 10.6 Å². The van der Waals surface area contributed by atoms with E-state index in [0.29, 0.717) is 5.02 Å². The number of anilines is 1. The molecule has 2 heterocycles. The van der Waals surface area contributed by atoms with Crippen molar-refractivity contribution in [2.75, 3.05) is 5.32 Å². The van der Waals surface area contributed by atoms with Gasteiger partial charge >= 0.3 is 0 Å². The van der Waals surface area contributed by atoms with E-state index in [1.165, 1.54) is 11.3 Å². The van der Waals surface area contributed by atoms with Crippen LogP contribution in [0.4, 0.5) is 5.69 Å². The molecule has 1 amide bonds. The highest BCUT2D eigenvalue weighted by Gasteiger charge is 2.12. The Bertz CT molecular complexity index is 1200. The molecular formula is C20H17ClN6OS2. The van der Waals surface area contributed by atoms with Gasteiger partial charge < -0.3 is 10.6 Å². The van der Waals surface area contributed by atoms with Gasteiger partial charge in [0.25, 0.3) is 0 Å². The van der Waals surface area contributed by atoms with Crippen LogP contribution in [0.3, 0.4) is 0 Å². The zero-order valence-corrected chi connectivity index (χ0v) is 18.3. The maximum Gasteiger partial charge on any atom is 0.234 e. The fourth-order valence-corrected chi connectivity index (χ4v) is 4.03. The van der Waals surface area contributed by atoms with E-state index in [-0.39, 0.29) is 17.4 Å². The van der Waals surface area contributed by atoms with Gasteiger partial charge in [-0.05, 0) is 54.2 Å². The smallest absolute Gasteiger partial charge is 0.234 e. The van der Waals surface area contributed by atoms with E-state index in [1.807, 2.05) is 43.3 Å². The van der Waals surface area contributed by atoms with E-state index >= 15 is 0 Å². The van der Waals surface area contributed by atoms with Crippen molar-refractivity contribution in [2.24, 2.45) is 0 Å². The maximum atomic E-state index is 12.2. The van der Waals surface area contributed by atoms with Crippen LogP contribution in [0.5, 0.6) is 0 Å². The molecule has 0 saturated heterocycles. The summed E-state index contributed by atoms with van der Waals surface area (Å²) in [5, 5.41) is 20.3. The third-order valence-electron chi connectivity index (χ3n) is 4.29. The van der Waals surface area contributed by atoms with Crippen molar-refractivity contribution in [1.29, 1.82) is 0 Å². The molecule has 0 bridgehead atoms. The average molecular weight is 457 g/mol. The molecule has 0 radical (unpaired) electrons. The van der Waals surface area contributed by atoms with Crippen LogP contribution in [0.1, 0.15) is 18.3 Å². The number of amides is 1. The van der Waals surface area contributed by atoms with Crippen molar-refractivity contribution in [1.82, 2.24) is 25.1 Å². The average Bonchev–Trinajstić information content (AvgIpc) is 3.31. The number of thiocarbonyl (C=S) groups is 1. The van der Waals surface area contributed by atoms with Crippen LogP contribution >= 0.6 is 35.2 Å². The van der Waals surface area contributed by atoms with Crippen molar-refractivity contribution in [3.8, 4) is 10.6 Å². The second kappa shape index (κ2) is 8.86. The van der Waals surface area contributed by atoms with Crippen molar-refractivity contribution in [3.63, 3.8) is 0 Å². The molecule has 4 aromatic rings. The Balaban J connectivity index is 1.36. The van der Waals surface area contributed by atoms with Crippen molar-refractivity contribution in [2.45, 2.75) is 19.8 Å². The standard InChI is InChI=1S/C20H17ClN6OS2/c1-2-16-24-25-20-27(16)26-18(30-20)13-5-9-15(10-6-13)22-19(29)23-17(28)11-12-3-7-14(21)8-4-12/h3-10H,2,11H2,1H3,(H2,22,23,28,29). The predicted octanol–water partition coefficient (Wildman–Crippen LogP) is 4.12. The normalized spacial score (nSPS) is 10.9. The minimum absolute atomic E-state index is 0.196. The summed E-state index contributed by atoms with van der Waals surface area (Å²) in [5.41, 5.74) is 2.60. The Labute approximate surface area is 187 Å². The summed E-state index contributed by atoms with van der Waals surface area (Å²) >= 11 is 12.6. The maximum absolute atomic E-state index is 12.2. The van der Waals surface area contributed by atoms with Crippen molar-refractivity contribution in [3.05, 3.63) is 64.9 Å². The Hall–Kier alpha value is -2.88. The Morgan fingerprint density at radius 1 is 1.13 bits per heavy atom. The van der Waals surface area contributed by atoms with Crippen molar-refractivity contribution >= 4 is 56.8 Å². The van der Waals surface area contributed by atoms with E-state index in [4.69, 9.17) is 23.8 Å². The van der Waals surface area contributed by atoms with Gasteiger partial charge in [-0.3, -0.25) is 4.79 Å². The van der Waals surface area contributed by atoms with Gasteiger partial charge in [-0.15, -0.1) is 10.2 Å². The molecule has 7 nitrogen and oxygen atoms in total. The fraction of sp³-hybridized carbons (Fsp3) is 0.150. The summed E-state index contributed by atoms with van der Waals surface area (Å²) in [5.74, 6) is 0.642. The number of aromatic nitrogens is 4. The minimum Gasteiger partial charge on any atom is -0.332 e. The lowest BCUT2D eigenvalue weighted by Gasteiger charge is -2.10. The first-order valence-corrected chi connectivity index (χ1v) is 10.8. The summed E-state index contributed by atoms with van der Waals surface area (Å²) in [6, 6.07) is 14.8. The zero-order chi connectivity index (χ0) is 21.1. The van der Waals surface area contributed by atoms with E-state index < -0.39 is 0 Å². The molecular weight excluding hydrogens is 440 g/mol. The molecule has 4 rings (SSSR count). The van der Waals surface area contributed by atoms with Gasteiger partial charge in [0.15, 0.2) is 10.9 Å². The molecule has 30 heavy (non-hydrogen) atoms. The molecule has 0 unspecified atom stereocenters. The molecule has 0 fully saturated rings. The van der Waals surface area contributed by atoms with Crippen LogP contribution in [0.15, 0.2) is 48.5 Å². The third-order valence-corrected chi connectivity index (χ3v) is 5.70. The molecule has 0 spiro atoms. The van der Waals surface area contributed by atoms with E-state index in [0.717, 1.165) is 39.0 Å². The second-order valence-corrected chi connectivity index (χ2v) is 8.25. The molecule has 2 N–H and O–H groups in total. The molecule has 0 atom stereocenters. The summed E-state index contributed by atoms with van der Waals surface area (Å²) in [7, 11) is 0. The van der Waals surface area contributed by atoms with E-state index in [1.54, 1.807) is 16.6 Å². The quantitative estimate of drug-likeness (QED) is 0.439. The highest BCUT2D eigenvalue weighted by atomic mass is 35.5. The molecule has 0 aliphatic carbocycles. The lowest BCUT2D eigenvalue weighted by molar-refractivity contribution is -0.119. The van der Waals surface area contributed by atoms with Crippen LogP contribution in [0, 0.1) is 0 Å². The molecule has 0 saturated carbocycles. The predicted molar refractivity (Wildman–Crippen MR) is 123 cm³/mol. The summed E-state index contributed by atoms with van der Waals surface area (Å²) < 4.78 is 1.78. The summed E-state index contributed by atoms with van der Waals surface area (Å²) in [4.78, 5) is 12.9. The number of hydrogen-bond acceptors (Lipinski definition) is 6. The SMILES string of the molecule is CCc1nnc2sc(-c3ccc(NC(=S)NC(=O)Cc4ccc(Cl)cc4)cc3)nn12. The number of fused-ring (bicyclic) bond motifs is 1. The van der Waals surface area contributed by atoms with E-state index in [2.05, 4.69) is 25.9 Å². The second-order valence-electron chi connectivity index (χ2n) is 6.45. The van der Waals surface area contributed by atoms with Gasteiger partial charge in [0, 0.05) is 22.7 Å². The van der Waals surface area contributed by atoms with Gasteiger partial charge in [0.05, 0.1) is 6.42 Å². The van der Waals surface area contributed by atoms with Crippen LogP contribution in [0.25, 0.3) is 15.5 Å². The number of nitrogens with zero attached hydrogens (tertiary/aromatic N) is 4. The highest BCUT2D eigenvalue weighted by molar-refractivity contribution is 7.80. The number of carbonyl (C=O) groups is 1. The van der Waals surface area contributed by atoms with Crippen molar-refractivity contribution < 1.29 is 4.79 Å². The summed E-state index contributed by atoms with van der Waals surface area (Å²) in [6.45, 7) is 2.02. The number of rotatable bonds is 5. The van der Waals surface area contributed by atoms with Gasteiger partial charge in [0.2, 0.25) is 10.9 Å². The van der Waals surface area contributed by atoms with Crippen LogP contribution in [0.2, 0.25) is 5.02 Å². The largest absolute Gasteiger partial charge is 0.332 e. The summed E-state index contributed by atoms with van der Waals surface area (Å²) in [6.07, 6.45) is 0.993. The number of nitrogens with one attached hydrogen (secondary N) is 2. The zero-order valence-electron chi connectivity index (χ0n) is 15.9.